The van der Waals surface area contributed by atoms with E-state index in [4.69, 9.17) is 14.7 Å². The van der Waals surface area contributed by atoms with Gasteiger partial charge in [0.1, 0.15) is 23.4 Å². The number of aromatic amines is 2. The molecule has 9 heteroatoms. The molecule has 188 valence electrons. The highest BCUT2D eigenvalue weighted by Crippen LogP contribution is 2.32. The average Bonchev–Trinajstić information content (AvgIpc) is 3.61. The summed E-state index contributed by atoms with van der Waals surface area (Å²) in [6, 6.07) is 16.0. The van der Waals surface area contributed by atoms with Crippen molar-refractivity contribution in [1.29, 1.82) is 0 Å². The quantitative estimate of drug-likeness (QED) is 0.308. The van der Waals surface area contributed by atoms with Crippen LogP contribution < -0.4 is 9.64 Å². The van der Waals surface area contributed by atoms with E-state index in [1.807, 2.05) is 60.9 Å². The zero-order chi connectivity index (χ0) is 25.3. The van der Waals surface area contributed by atoms with Crippen molar-refractivity contribution >= 4 is 27.8 Å². The number of hydrogen-bond donors (Lipinski definition) is 2. The molecule has 0 aliphatic carbocycles. The maximum absolute atomic E-state index is 5.98. The van der Waals surface area contributed by atoms with E-state index in [2.05, 4.69) is 30.0 Å². The molecule has 7 rings (SSSR count). The van der Waals surface area contributed by atoms with Crippen molar-refractivity contribution in [2.24, 2.45) is 0 Å². The SMILES string of the molecule is c1ccc(COc2cncc(-c3ccc4[nH]nc(-c5nc6c(N7CCCCC7)cncc6[nH]5)c4n3)c2)cc1. The number of imidazole rings is 1. The molecule has 0 saturated carbocycles. The smallest absolute Gasteiger partial charge is 0.161 e. The summed E-state index contributed by atoms with van der Waals surface area (Å²) in [5.41, 5.74) is 7.87. The average molecular weight is 503 g/mol. The van der Waals surface area contributed by atoms with Gasteiger partial charge in [0, 0.05) is 24.8 Å². The molecular weight excluding hydrogens is 476 g/mol. The van der Waals surface area contributed by atoms with E-state index in [0.717, 1.165) is 57.7 Å². The Labute approximate surface area is 219 Å². The van der Waals surface area contributed by atoms with Gasteiger partial charge in [-0.1, -0.05) is 30.3 Å². The third-order valence-electron chi connectivity index (χ3n) is 6.96. The summed E-state index contributed by atoms with van der Waals surface area (Å²) < 4.78 is 5.98. The van der Waals surface area contributed by atoms with Crippen molar-refractivity contribution in [3.8, 4) is 28.5 Å². The molecule has 38 heavy (non-hydrogen) atoms. The lowest BCUT2D eigenvalue weighted by atomic mass is 10.1. The van der Waals surface area contributed by atoms with Gasteiger partial charge >= 0.3 is 0 Å². The number of aromatic nitrogens is 7. The standard InChI is InChI=1S/C29H26N8O/c1-3-7-19(8-4-1)18-38-21-13-20(14-30-15-21)22-9-10-23-27(32-22)28(36-35-23)29-33-24-16-31-17-25(26(24)34-29)37-11-5-2-6-12-37/h1,3-4,7-10,13-17H,2,5-6,11-12,18H2,(H,33,34)(H,35,36). The Morgan fingerprint density at radius 2 is 1.68 bits per heavy atom. The van der Waals surface area contributed by atoms with E-state index in [1.165, 1.54) is 19.3 Å². The van der Waals surface area contributed by atoms with E-state index in [1.54, 1.807) is 12.4 Å². The first-order valence-electron chi connectivity index (χ1n) is 12.9. The van der Waals surface area contributed by atoms with E-state index >= 15 is 0 Å². The van der Waals surface area contributed by atoms with Gasteiger partial charge in [-0.05, 0) is 43.0 Å². The predicted octanol–water partition coefficient (Wildman–Crippen LogP) is 5.53. The van der Waals surface area contributed by atoms with E-state index in [9.17, 15) is 0 Å². The molecule has 1 saturated heterocycles. The van der Waals surface area contributed by atoms with Gasteiger partial charge in [-0.25, -0.2) is 9.97 Å². The van der Waals surface area contributed by atoms with Crippen molar-refractivity contribution in [1.82, 2.24) is 35.1 Å². The zero-order valence-corrected chi connectivity index (χ0v) is 20.8. The Hall–Kier alpha value is -4.79. The third-order valence-corrected chi connectivity index (χ3v) is 6.96. The van der Waals surface area contributed by atoms with Crippen molar-refractivity contribution in [3.63, 3.8) is 0 Å². The number of fused-ring (bicyclic) bond motifs is 2. The highest BCUT2D eigenvalue weighted by Gasteiger charge is 2.20. The Bertz CT molecular complexity index is 1720. The molecule has 1 aliphatic heterocycles. The van der Waals surface area contributed by atoms with Gasteiger partial charge in [0.05, 0.1) is 41.0 Å². The van der Waals surface area contributed by atoms with Gasteiger partial charge in [0.25, 0.3) is 0 Å². The number of ether oxygens (including phenoxy) is 1. The Morgan fingerprint density at radius 3 is 2.58 bits per heavy atom. The summed E-state index contributed by atoms with van der Waals surface area (Å²) in [6.45, 7) is 2.54. The lowest BCUT2D eigenvalue weighted by Gasteiger charge is -2.28. The van der Waals surface area contributed by atoms with Crippen molar-refractivity contribution in [3.05, 3.63) is 78.9 Å². The molecule has 0 bridgehead atoms. The molecule has 0 amide bonds. The maximum Gasteiger partial charge on any atom is 0.161 e. The minimum Gasteiger partial charge on any atom is -0.487 e. The highest BCUT2D eigenvalue weighted by atomic mass is 16.5. The molecule has 6 aromatic rings. The number of H-pyrrole nitrogens is 2. The summed E-state index contributed by atoms with van der Waals surface area (Å²) in [5, 5.41) is 7.66. The summed E-state index contributed by atoms with van der Waals surface area (Å²) in [6.07, 6.45) is 10.9. The van der Waals surface area contributed by atoms with Crippen molar-refractivity contribution < 1.29 is 4.74 Å². The lowest BCUT2D eigenvalue weighted by Crippen LogP contribution is -2.29. The summed E-state index contributed by atoms with van der Waals surface area (Å²) >= 11 is 0. The van der Waals surface area contributed by atoms with Crippen LogP contribution in [0.15, 0.2) is 73.3 Å². The number of nitrogens with one attached hydrogen (secondary N) is 2. The number of pyridine rings is 3. The third kappa shape index (κ3) is 4.21. The first kappa shape index (κ1) is 22.4. The Balaban J connectivity index is 1.22. The van der Waals surface area contributed by atoms with Gasteiger partial charge in [0.2, 0.25) is 0 Å². The molecule has 2 N–H and O–H groups in total. The van der Waals surface area contributed by atoms with Crippen molar-refractivity contribution in [2.45, 2.75) is 25.9 Å². The molecule has 0 atom stereocenters. The molecule has 9 nitrogen and oxygen atoms in total. The zero-order valence-electron chi connectivity index (χ0n) is 20.8. The maximum atomic E-state index is 5.98. The number of nitrogens with zero attached hydrogens (tertiary/aromatic N) is 6. The molecule has 1 aromatic carbocycles. The van der Waals surface area contributed by atoms with Gasteiger partial charge in [-0.3, -0.25) is 15.1 Å². The number of anilines is 1. The second-order valence-corrected chi connectivity index (χ2v) is 9.54. The van der Waals surface area contributed by atoms with Gasteiger partial charge in [0.15, 0.2) is 11.5 Å². The number of hydrogen-bond acceptors (Lipinski definition) is 7. The van der Waals surface area contributed by atoms with Crippen LogP contribution in [-0.4, -0.2) is 48.2 Å². The fourth-order valence-electron chi connectivity index (χ4n) is 5.00. The molecule has 6 heterocycles. The molecule has 1 aliphatic rings. The molecule has 0 unspecified atom stereocenters. The van der Waals surface area contributed by atoms with Crippen LogP contribution in [-0.2, 0) is 6.61 Å². The van der Waals surface area contributed by atoms with Crippen LogP contribution in [0.5, 0.6) is 5.75 Å². The monoisotopic (exact) mass is 502 g/mol. The minimum atomic E-state index is 0.477. The van der Waals surface area contributed by atoms with E-state index in [0.29, 0.717) is 23.9 Å². The fourth-order valence-corrected chi connectivity index (χ4v) is 5.00. The van der Waals surface area contributed by atoms with Crippen LogP contribution in [0, 0.1) is 0 Å². The molecule has 0 spiro atoms. The fraction of sp³-hybridized carbons (Fsp3) is 0.207. The summed E-state index contributed by atoms with van der Waals surface area (Å²) in [4.78, 5) is 24.6. The van der Waals surface area contributed by atoms with E-state index in [-0.39, 0.29) is 0 Å². The molecule has 1 fully saturated rings. The predicted molar refractivity (Wildman–Crippen MR) is 147 cm³/mol. The van der Waals surface area contributed by atoms with Crippen LogP contribution >= 0.6 is 0 Å². The summed E-state index contributed by atoms with van der Waals surface area (Å²) in [7, 11) is 0. The number of rotatable bonds is 6. The van der Waals surface area contributed by atoms with Gasteiger partial charge < -0.3 is 14.6 Å². The Morgan fingerprint density at radius 1 is 0.816 bits per heavy atom. The highest BCUT2D eigenvalue weighted by molar-refractivity contribution is 5.94. The first-order chi connectivity index (χ1) is 18.8. The second-order valence-electron chi connectivity index (χ2n) is 9.54. The lowest BCUT2D eigenvalue weighted by molar-refractivity contribution is 0.305. The first-order valence-corrected chi connectivity index (χ1v) is 12.9. The van der Waals surface area contributed by atoms with Crippen LogP contribution in [0.4, 0.5) is 5.69 Å². The number of piperidine rings is 1. The van der Waals surface area contributed by atoms with Crippen LogP contribution in [0.25, 0.3) is 44.8 Å². The van der Waals surface area contributed by atoms with Gasteiger partial charge in [-0.15, -0.1) is 0 Å². The topological polar surface area (TPSA) is 108 Å². The Kier molecular flexibility index (Phi) is 5.65. The van der Waals surface area contributed by atoms with Gasteiger partial charge in [-0.2, -0.15) is 5.10 Å². The van der Waals surface area contributed by atoms with Crippen molar-refractivity contribution in [2.75, 3.05) is 18.0 Å². The molecular formula is C29H26N8O. The molecule has 5 aromatic heterocycles. The second kappa shape index (κ2) is 9.59. The minimum absolute atomic E-state index is 0.477. The number of benzene rings is 1. The normalized spacial score (nSPS) is 13.8. The van der Waals surface area contributed by atoms with Crippen LogP contribution in [0.3, 0.4) is 0 Å². The molecule has 0 radical (unpaired) electrons. The van der Waals surface area contributed by atoms with Crippen LogP contribution in [0.2, 0.25) is 0 Å². The largest absolute Gasteiger partial charge is 0.487 e. The van der Waals surface area contributed by atoms with E-state index < -0.39 is 0 Å². The summed E-state index contributed by atoms with van der Waals surface area (Å²) in [5.74, 6) is 1.36. The van der Waals surface area contributed by atoms with Crippen LogP contribution in [0.1, 0.15) is 24.8 Å².